The molecule has 0 aliphatic carbocycles. The maximum absolute atomic E-state index is 12.4. The van der Waals surface area contributed by atoms with Crippen LogP contribution in [0.1, 0.15) is 25.5 Å². The Morgan fingerprint density at radius 2 is 2.24 bits per heavy atom. The van der Waals surface area contributed by atoms with Crippen LogP contribution in [0, 0.1) is 12.8 Å². The molecule has 0 radical (unpaired) electrons. The number of anilines is 1. The summed E-state index contributed by atoms with van der Waals surface area (Å²) in [5, 5.41) is 3.49. The zero-order valence-electron chi connectivity index (χ0n) is 10.0. The lowest BCUT2D eigenvalue weighted by Crippen LogP contribution is -2.39. The molecule has 6 nitrogen and oxygen atoms in total. The molecule has 1 saturated heterocycles. The Balaban J connectivity index is 2.36. The number of hydrogen-bond acceptors (Lipinski definition) is 5. The molecule has 1 aromatic rings. The topological polar surface area (TPSA) is 89.4 Å². The van der Waals surface area contributed by atoms with Crippen molar-refractivity contribution in [3.63, 3.8) is 0 Å². The lowest BCUT2D eigenvalue weighted by molar-refractivity contribution is 0.281. The minimum Gasteiger partial charge on any atom is -0.380 e. The number of aryl methyl sites for hydroxylation is 1. The Kier molecular flexibility index (Phi) is 3.13. The first kappa shape index (κ1) is 12.4. The first-order valence-corrected chi connectivity index (χ1v) is 7.09. The largest absolute Gasteiger partial charge is 0.380 e. The van der Waals surface area contributed by atoms with Gasteiger partial charge in [-0.05, 0) is 25.7 Å². The highest BCUT2D eigenvalue weighted by atomic mass is 32.2. The fourth-order valence-corrected chi connectivity index (χ4v) is 3.97. The van der Waals surface area contributed by atoms with Crippen molar-refractivity contribution < 1.29 is 12.9 Å². The van der Waals surface area contributed by atoms with E-state index < -0.39 is 10.0 Å². The first-order chi connectivity index (χ1) is 7.93. The van der Waals surface area contributed by atoms with E-state index in [4.69, 9.17) is 10.3 Å². The van der Waals surface area contributed by atoms with Crippen LogP contribution in [-0.2, 0) is 10.0 Å². The molecule has 2 rings (SSSR count). The summed E-state index contributed by atoms with van der Waals surface area (Å²) < 4.78 is 31.1. The van der Waals surface area contributed by atoms with E-state index in [1.165, 1.54) is 4.31 Å². The molecular formula is C10H17N3O3S. The molecule has 1 fully saturated rings. The number of piperidine rings is 1. The van der Waals surface area contributed by atoms with E-state index in [1.807, 2.05) is 6.92 Å². The maximum atomic E-state index is 12.4. The maximum Gasteiger partial charge on any atom is 0.250 e. The number of nitrogens with two attached hydrogens (primary N) is 1. The van der Waals surface area contributed by atoms with Gasteiger partial charge in [-0.15, -0.1) is 0 Å². The van der Waals surface area contributed by atoms with Crippen molar-refractivity contribution in [3.8, 4) is 0 Å². The van der Waals surface area contributed by atoms with Gasteiger partial charge in [0.05, 0.1) is 0 Å². The predicted molar refractivity (Wildman–Crippen MR) is 62.8 cm³/mol. The van der Waals surface area contributed by atoms with Crippen LogP contribution < -0.4 is 5.73 Å². The van der Waals surface area contributed by atoms with Gasteiger partial charge in [0.15, 0.2) is 16.5 Å². The molecule has 17 heavy (non-hydrogen) atoms. The molecule has 1 aliphatic rings. The van der Waals surface area contributed by atoms with Crippen LogP contribution in [0.25, 0.3) is 0 Å². The third-order valence-corrected chi connectivity index (χ3v) is 5.07. The molecule has 7 heteroatoms. The number of nitrogen functional groups attached to an aromatic ring is 1. The highest BCUT2D eigenvalue weighted by Gasteiger charge is 2.33. The summed E-state index contributed by atoms with van der Waals surface area (Å²) in [4.78, 5) is 0.0200. The summed E-state index contributed by atoms with van der Waals surface area (Å²) >= 11 is 0. The smallest absolute Gasteiger partial charge is 0.250 e. The van der Waals surface area contributed by atoms with Gasteiger partial charge in [-0.2, -0.15) is 4.31 Å². The summed E-state index contributed by atoms with van der Waals surface area (Å²) in [5.74, 6) is 0.571. The number of rotatable bonds is 2. The summed E-state index contributed by atoms with van der Waals surface area (Å²) in [6.45, 7) is 4.68. The SMILES string of the molecule is Cc1onc(N)c1S(=O)(=O)N1CCCC(C)C1. The molecule has 0 spiro atoms. The summed E-state index contributed by atoms with van der Waals surface area (Å²) in [6, 6.07) is 0. The monoisotopic (exact) mass is 259 g/mol. The second-order valence-corrected chi connectivity index (χ2v) is 6.44. The molecule has 1 aliphatic heterocycles. The Labute approximate surface area is 101 Å². The van der Waals surface area contributed by atoms with Gasteiger partial charge in [-0.25, -0.2) is 8.42 Å². The zero-order valence-corrected chi connectivity index (χ0v) is 10.8. The van der Waals surface area contributed by atoms with Crippen molar-refractivity contribution in [1.29, 1.82) is 0 Å². The molecule has 96 valence electrons. The molecule has 2 N–H and O–H groups in total. The van der Waals surface area contributed by atoms with Crippen LogP contribution in [0.15, 0.2) is 9.42 Å². The normalized spacial score (nSPS) is 22.8. The summed E-state index contributed by atoms with van der Waals surface area (Å²) in [5.41, 5.74) is 5.56. The van der Waals surface area contributed by atoms with E-state index >= 15 is 0 Å². The molecule has 0 saturated carbocycles. The van der Waals surface area contributed by atoms with Crippen LogP contribution >= 0.6 is 0 Å². The second-order valence-electron chi connectivity index (χ2n) is 4.56. The van der Waals surface area contributed by atoms with E-state index in [2.05, 4.69) is 5.16 Å². The highest BCUT2D eigenvalue weighted by Crippen LogP contribution is 2.28. The lowest BCUT2D eigenvalue weighted by atomic mass is 10.0. The number of sulfonamides is 1. The van der Waals surface area contributed by atoms with Crippen molar-refractivity contribution in [1.82, 2.24) is 9.46 Å². The second kappa shape index (κ2) is 4.30. The van der Waals surface area contributed by atoms with E-state index in [0.29, 0.717) is 19.0 Å². The van der Waals surface area contributed by atoms with Crippen LogP contribution in [0.2, 0.25) is 0 Å². The number of aromatic nitrogens is 1. The molecule has 1 atom stereocenters. The Bertz CT molecular complexity index is 489. The van der Waals surface area contributed by atoms with Gasteiger partial charge in [0.25, 0.3) is 0 Å². The van der Waals surface area contributed by atoms with Crippen LogP contribution in [0.4, 0.5) is 5.82 Å². The molecular weight excluding hydrogens is 242 g/mol. The van der Waals surface area contributed by atoms with Crippen LogP contribution in [0.3, 0.4) is 0 Å². The first-order valence-electron chi connectivity index (χ1n) is 5.65. The fourth-order valence-electron chi connectivity index (χ4n) is 2.19. The molecule has 0 aromatic carbocycles. The van der Waals surface area contributed by atoms with Gasteiger partial charge in [0, 0.05) is 13.1 Å². The molecule has 1 unspecified atom stereocenters. The summed E-state index contributed by atoms with van der Waals surface area (Å²) in [7, 11) is -3.56. The van der Waals surface area contributed by atoms with Crippen molar-refractivity contribution in [3.05, 3.63) is 5.76 Å². The van der Waals surface area contributed by atoms with Gasteiger partial charge in [-0.1, -0.05) is 12.1 Å². The third kappa shape index (κ3) is 2.16. The van der Waals surface area contributed by atoms with Crippen molar-refractivity contribution in [2.45, 2.75) is 31.6 Å². The van der Waals surface area contributed by atoms with E-state index in [-0.39, 0.29) is 16.5 Å². The average Bonchev–Trinajstić information content (AvgIpc) is 2.59. The van der Waals surface area contributed by atoms with Gasteiger partial charge >= 0.3 is 0 Å². The summed E-state index contributed by atoms with van der Waals surface area (Å²) in [6.07, 6.45) is 1.94. The van der Waals surface area contributed by atoms with Gasteiger partial charge in [-0.3, -0.25) is 0 Å². The van der Waals surface area contributed by atoms with Crippen LogP contribution in [-0.4, -0.2) is 31.0 Å². The minimum absolute atomic E-state index is 0.0200. The lowest BCUT2D eigenvalue weighted by Gasteiger charge is -2.29. The zero-order chi connectivity index (χ0) is 12.6. The van der Waals surface area contributed by atoms with Gasteiger partial charge < -0.3 is 10.3 Å². The number of hydrogen-bond donors (Lipinski definition) is 1. The third-order valence-electron chi connectivity index (χ3n) is 3.05. The highest BCUT2D eigenvalue weighted by molar-refractivity contribution is 7.89. The Hall–Kier alpha value is -1.08. The average molecular weight is 259 g/mol. The van der Waals surface area contributed by atoms with Crippen molar-refractivity contribution in [2.75, 3.05) is 18.8 Å². The Morgan fingerprint density at radius 3 is 2.76 bits per heavy atom. The molecule has 1 aromatic heterocycles. The molecule has 0 bridgehead atoms. The van der Waals surface area contributed by atoms with Crippen LogP contribution in [0.5, 0.6) is 0 Å². The van der Waals surface area contributed by atoms with E-state index in [9.17, 15) is 8.42 Å². The Morgan fingerprint density at radius 1 is 1.53 bits per heavy atom. The van der Waals surface area contributed by atoms with E-state index in [1.54, 1.807) is 6.92 Å². The van der Waals surface area contributed by atoms with Crippen molar-refractivity contribution in [2.24, 2.45) is 5.92 Å². The quantitative estimate of drug-likeness (QED) is 0.855. The van der Waals surface area contributed by atoms with Gasteiger partial charge in [0.1, 0.15) is 0 Å². The standard InChI is InChI=1S/C10H17N3O3S/c1-7-4-3-5-13(6-7)17(14,15)9-8(2)16-12-10(9)11/h7H,3-6H2,1-2H3,(H2,11,12). The fraction of sp³-hybridized carbons (Fsp3) is 0.700. The molecule has 2 heterocycles. The number of nitrogens with zero attached hydrogens (tertiary/aromatic N) is 2. The van der Waals surface area contributed by atoms with Gasteiger partial charge in [0.2, 0.25) is 10.0 Å². The molecule has 0 amide bonds. The van der Waals surface area contributed by atoms with E-state index in [0.717, 1.165) is 12.8 Å². The predicted octanol–water partition coefficient (Wildman–Crippen LogP) is 0.986. The minimum atomic E-state index is -3.56. The van der Waals surface area contributed by atoms with Crippen molar-refractivity contribution >= 4 is 15.8 Å².